The minimum Gasteiger partial charge on any atom is -0.466 e. The molecule has 1 aromatic rings. The summed E-state index contributed by atoms with van der Waals surface area (Å²) < 4.78 is 42.1. The molecule has 0 aliphatic carbocycles. The maximum absolute atomic E-state index is 12.5. The Hall–Kier alpha value is -1.69. The molecule has 0 fully saturated rings. The van der Waals surface area contributed by atoms with E-state index in [4.69, 9.17) is 11.6 Å². The Morgan fingerprint density at radius 3 is 2.57 bits per heavy atom. The first kappa shape index (κ1) is 17.4. The lowest BCUT2D eigenvalue weighted by molar-refractivity contribution is -0.138. The summed E-state index contributed by atoms with van der Waals surface area (Å²) in [5.74, 6) is -0.433. The van der Waals surface area contributed by atoms with Crippen LogP contribution < -0.4 is 5.32 Å². The van der Waals surface area contributed by atoms with Gasteiger partial charge in [0.1, 0.15) is 0 Å². The average molecular weight is 322 g/mol. The first-order chi connectivity index (χ1) is 9.79. The standard InChI is InChI=1S/C14H15ClF3NO2/c1-3-9(13(20)21-2)6-7-19-12-5-4-10(8-11(12)15)14(16,17)18/h4-6,8,19H,3,7H2,1-2H3/b9-6-. The molecule has 0 aliphatic rings. The number of halogens is 4. The monoisotopic (exact) mass is 321 g/mol. The summed E-state index contributed by atoms with van der Waals surface area (Å²) in [5, 5.41) is 2.82. The molecule has 1 N–H and O–H groups in total. The SMILES string of the molecule is CC/C(=C/CNc1ccc(C(F)(F)F)cc1Cl)C(=O)OC. The number of ether oxygens (including phenoxy) is 1. The molecule has 3 nitrogen and oxygen atoms in total. The van der Waals surface area contributed by atoms with Crippen molar-refractivity contribution in [3.63, 3.8) is 0 Å². The van der Waals surface area contributed by atoms with Gasteiger partial charge in [-0.25, -0.2) is 4.79 Å². The highest BCUT2D eigenvalue weighted by atomic mass is 35.5. The molecular weight excluding hydrogens is 307 g/mol. The first-order valence-electron chi connectivity index (χ1n) is 6.17. The Balaban J connectivity index is 2.77. The minimum absolute atomic E-state index is 0.0330. The smallest absolute Gasteiger partial charge is 0.416 e. The number of esters is 1. The quantitative estimate of drug-likeness (QED) is 0.650. The van der Waals surface area contributed by atoms with Crippen LogP contribution in [-0.2, 0) is 15.7 Å². The van der Waals surface area contributed by atoms with Crippen molar-refractivity contribution in [1.29, 1.82) is 0 Å². The van der Waals surface area contributed by atoms with Crippen LogP contribution in [0.25, 0.3) is 0 Å². The fourth-order valence-electron chi connectivity index (χ4n) is 1.62. The topological polar surface area (TPSA) is 38.3 Å². The Labute approximate surface area is 125 Å². The van der Waals surface area contributed by atoms with Crippen LogP contribution in [0.3, 0.4) is 0 Å². The average Bonchev–Trinajstić information content (AvgIpc) is 2.43. The fraction of sp³-hybridized carbons (Fsp3) is 0.357. The van der Waals surface area contributed by atoms with Crippen LogP contribution in [0.15, 0.2) is 29.8 Å². The summed E-state index contributed by atoms with van der Waals surface area (Å²) in [7, 11) is 1.28. The predicted molar refractivity (Wildman–Crippen MR) is 75.3 cm³/mol. The first-order valence-corrected chi connectivity index (χ1v) is 6.55. The molecule has 0 bridgehead atoms. The normalized spacial score (nSPS) is 12.2. The number of hydrogen-bond acceptors (Lipinski definition) is 3. The highest BCUT2D eigenvalue weighted by molar-refractivity contribution is 6.33. The molecule has 0 unspecified atom stereocenters. The van der Waals surface area contributed by atoms with Crippen LogP contribution in [0.5, 0.6) is 0 Å². The highest BCUT2D eigenvalue weighted by Gasteiger charge is 2.30. The van der Waals surface area contributed by atoms with E-state index >= 15 is 0 Å². The van der Waals surface area contributed by atoms with E-state index in [-0.39, 0.29) is 11.6 Å². The molecule has 0 atom stereocenters. The van der Waals surface area contributed by atoms with E-state index in [1.54, 1.807) is 13.0 Å². The van der Waals surface area contributed by atoms with Gasteiger partial charge in [-0.15, -0.1) is 0 Å². The number of carbonyl (C=O) groups is 1. The maximum Gasteiger partial charge on any atom is 0.416 e. The van der Waals surface area contributed by atoms with Crippen LogP contribution in [0.1, 0.15) is 18.9 Å². The van der Waals surface area contributed by atoms with Gasteiger partial charge in [0.2, 0.25) is 0 Å². The van der Waals surface area contributed by atoms with Gasteiger partial charge in [-0.3, -0.25) is 0 Å². The lowest BCUT2D eigenvalue weighted by Crippen LogP contribution is -2.08. The number of rotatable bonds is 5. The Morgan fingerprint density at radius 2 is 2.10 bits per heavy atom. The lowest BCUT2D eigenvalue weighted by Gasteiger charge is -2.11. The van der Waals surface area contributed by atoms with Gasteiger partial charge in [0, 0.05) is 12.1 Å². The second-order valence-corrected chi connectivity index (χ2v) is 4.55. The van der Waals surface area contributed by atoms with E-state index in [1.807, 2.05) is 0 Å². The second-order valence-electron chi connectivity index (χ2n) is 4.15. The minimum atomic E-state index is -4.43. The van der Waals surface area contributed by atoms with Gasteiger partial charge < -0.3 is 10.1 Å². The molecular formula is C14H15ClF3NO2. The Kier molecular flexibility index (Phi) is 6.08. The number of methoxy groups -OCH3 is 1. The number of hydrogen-bond donors (Lipinski definition) is 1. The van der Waals surface area contributed by atoms with Crippen molar-refractivity contribution in [3.05, 3.63) is 40.4 Å². The molecule has 0 spiro atoms. The number of benzene rings is 1. The highest BCUT2D eigenvalue weighted by Crippen LogP contribution is 2.33. The van der Waals surface area contributed by atoms with E-state index in [1.165, 1.54) is 13.2 Å². The molecule has 7 heteroatoms. The van der Waals surface area contributed by atoms with E-state index in [0.717, 1.165) is 12.1 Å². The summed E-state index contributed by atoms with van der Waals surface area (Å²) in [5.41, 5.74) is 0.0340. The summed E-state index contributed by atoms with van der Waals surface area (Å²) in [6.07, 6.45) is -2.32. The zero-order valence-corrected chi connectivity index (χ0v) is 12.3. The van der Waals surface area contributed by atoms with Crippen LogP contribution in [-0.4, -0.2) is 19.6 Å². The molecule has 0 amide bonds. The van der Waals surface area contributed by atoms with Crippen LogP contribution in [0, 0.1) is 0 Å². The summed E-state index contributed by atoms with van der Waals surface area (Å²) >= 11 is 5.80. The van der Waals surface area contributed by atoms with Crippen molar-refractivity contribution in [3.8, 4) is 0 Å². The molecule has 1 aromatic carbocycles. The van der Waals surface area contributed by atoms with E-state index in [2.05, 4.69) is 10.1 Å². The molecule has 21 heavy (non-hydrogen) atoms. The van der Waals surface area contributed by atoms with Gasteiger partial charge in [-0.1, -0.05) is 24.6 Å². The van der Waals surface area contributed by atoms with Gasteiger partial charge >= 0.3 is 12.1 Å². The number of nitrogens with one attached hydrogen (secondary N) is 1. The molecule has 116 valence electrons. The largest absolute Gasteiger partial charge is 0.466 e. The van der Waals surface area contributed by atoms with E-state index in [0.29, 0.717) is 17.7 Å². The van der Waals surface area contributed by atoms with Crippen molar-refractivity contribution in [2.24, 2.45) is 0 Å². The fourth-order valence-corrected chi connectivity index (χ4v) is 1.87. The third-order valence-corrected chi connectivity index (χ3v) is 3.08. The third-order valence-electron chi connectivity index (χ3n) is 2.77. The number of anilines is 1. The molecule has 0 aliphatic heterocycles. The van der Waals surface area contributed by atoms with Crippen molar-refractivity contribution in [2.75, 3.05) is 19.0 Å². The van der Waals surface area contributed by atoms with E-state index in [9.17, 15) is 18.0 Å². The maximum atomic E-state index is 12.5. The molecule has 0 saturated heterocycles. The number of carbonyl (C=O) groups excluding carboxylic acids is 1. The molecule has 0 aromatic heterocycles. The van der Waals surface area contributed by atoms with Gasteiger partial charge in [-0.2, -0.15) is 13.2 Å². The molecule has 0 radical (unpaired) electrons. The lowest BCUT2D eigenvalue weighted by atomic mass is 10.2. The zero-order chi connectivity index (χ0) is 16.0. The van der Waals surface area contributed by atoms with Crippen molar-refractivity contribution in [2.45, 2.75) is 19.5 Å². The van der Waals surface area contributed by atoms with Gasteiger partial charge in [0.15, 0.2) is 0 Å². The Morgan fingerprint density at radius 1 is 1.43 bits per heavy atom. The number of alkyl halides is 3. The second kappa shape index (κ2) is 7.36. The predicted octanol–water partition coefficient (Wildman–Crippen LogP) is 4.28. The van der Waals surface area contributed by atoms with Gasteiger partial charge in [0.05, 0.1) is 23.4 Å². The molecule has 0 heterocycles. The van der Waals surface area contributed by atoms with Gasteiger partial charge in [0.25, 0.3) is 0 Å². The van der Waals surface area contributed by atoms with Crippen molar-refractivity contribution < 1.29 is 22.7 Å². The molecule has 0 saturated carbocycles. The van der Waals surface area contributed by atoms with Crippen LogP contribution >= 0.6 is 11.6 Å². The van der Waals surface area contributed by atoms with Crippen molar-refractivity contribution >= 4 is 23.3 Å². The third kappa shape index (κ3) is 4.97. The van der Waals surface area contributed by atoms with Crippen LogP contribution in [0.4, 0.5) is 18.9 Å². The summed E-state index contributed by atoms with van der Waals surface area (Å²) in [6, 6.07) is 3.05. The zero-order valence-electron chi connectivity index (χ0n) is 11.6. The van der Waals surface area contributed by atoms with Gasteiger partial charge in [-0.05, 0) is 24.6 Å². The molecule has 1 rings (SSSR count). The van der Waals surface area contributed by atoms with E-state index < -0.39 is 17.7 Å². The van der Waals surface area contributed by atoms with Crippen LogP contribution in [0.2, 0.25) is 5.02 Å². The Bertz CT molecular complexity index is 542. The van der Waals surface area contributed by atoms with Crippen molar-refractivity contribution in [1.82, 2.24) is 0 Å². The summed E-state index contributed by atoms with van der Waals surface area (Å²) in [6.45, 7) is 2.05. The summed E-state index contributed by atoms with van der Waals surface area (Å²) in [4.78, 5) is 11.3.